The first-order valence-corrected chi connectivity index (χ1v) is 9.49. The second-order valence-corrected chi connectivity index (χ2v) is 7.22. The molecule has 2 amide bonds. The zero-order chi connectivity index (χ0) is 23.0. The highest BCUT2D eigenvalue weighted by molar-refractivity contribution is 6.00. The van der Waals surface area contributed by atoms with Crippen molar-refractivity contribution < 1.29 is 27.2 Å². The van der Waals surface area contributed by atoms with Gasteiger partial charge in [0.05, 0.1) is 6.54 Å². The van der Waals surface area contributed by atoms with Crippen LogP contribution in [0, 0.1) is 5.82 Å². The smallest absolute Gasteiger partial charge is 0.337 e. The van der Waals surface area contributed by atoms with Crippen LogP contribution in [0.1, 0.15) is 28.3 Å². The lowest BCUT2D eigenvalue weighted by Gasteiger charge is -2.19. The van der Waals surface area contributed by atoms with E-state index >= 15 is 0 Å². The predicted octanol–water partition coefficient (Wildman–Crippen LogP) is 1.85. The number of fused-ring (bicyclic) bond motifs is 1. The SMILES string of the molecule is CN1C(=O)[C@@H](NC(=O)c2ncn(Cc3cccc(F)c3)n2)CCn2nc(C(F)(F)F)cc21. The van der Waals surface area contributed by atoms with Crippen LogP contribution >= 0.6 is 0 Å². The summed E-state index contributed by atoms with van der Waals surface area (Å²) in [7, 11) is 1.31. The molecule has 0 bridgehead atoms. The minimum absolute atomic E-state index is 0.00607. The lowest BCUT2D eigenvalue weighted by molar-refractivity contribution is -0.141. The summed E-state index contributed by atoms with van der Waals surface area (Å²) in [5, 5.41) is 10.1. The first kappa shape index (κ1) is 21.5. The fourth-order valence-electron chi connectivity index (χ4n) is 3.36. The van der Waals surface area contributed by atoms with E-state index in [2.05, 4.69) is 20.5 Å². The molecule has 0 saturated heterocycles. The van der Waals surface area contributed by atoms with Crippen molar-refractivity contribution in [2.24, 2.45) is 0 Å². The monoisotopic (exact) mass is 451 g/mol. The summed E-state index contributed by atoms with van der Waals surface area (Å²) in [4.78, 5) is 30.2. The van der Waals surface area contributed by atoms with Crippen LogP contribution < -0.4 is 10.2 Å². The number of carbonyl (C=O) groups excluding carboxylic acids is 2. The molecule has 3 heterocycles. The minimum atomic E-state index is -4.63. The second kappa shape index (κ2) is 8.05. The molecule has 4 rings (SSSR count). The van der Waals surface area contributed by atoms with E-state index in [1.54, 1.807) is 12.1 Å². The zero-order valence-corrected chi connectivity index (χ0v) is 16.7. The Morgan fingerprint density at radius 2 is 2.03 bits per heavy atom. The lowest BCUT2D eigenvalue weighted by atomic mass is 10.2. The first-order chi connectivity index (χ1) is 15.1. The topological polar surface area (TPSA) is 97.9 Å². The Hall–Kier alpha value is -3.77. The molecule has 1 aliphatic heterocycles. The van der Waals surface area contributed by atoms with Crippen LogP contribution in [0.2, 0.25) is 0 Å². The van der Waals surface area contributed by atoms with Crippen molar-refractivity contribution in [2.75, 3.05) is 11.9 Å². The predicted molar refractivity (Wildman–Crippen MR) is 102 cm³/mol. The zero-order valence-electron chi connectivity index (χ0n) is 16.7. The fourth-order valence-corrected chi connectivity index (χ4v) is 3.36. The summed E-state index contributed by atoms with van der Waals surface area (Å²) in [5.41, 5.74) is -0.474. The maximum atomic E-state index is 13.3. The van der Waals surface area contributed by atoms with E-state index in [4.69, 9.17) is 0 Å². The van der Waals surface area contributed by atoms with Crippen molar-refractivity contribution in [1.82, 2.24) is 29.9 Å². The van der Waals surface area contributed by atoms with Gasteiger partial charge in [0, 0.05) is 19.7 Å². The molecule has 0 saturated carbocycles. The summed E-state index contributed by atoms with van der Waals surface area (Å²) >= 11 is 0. The average Bonchev–Trinajstić information content (AvgIpc) is 3.35. The molecule has 0 unspecified atom stereocenters. The number of benzene rings is 1. The van der Waals surface area contributed by atoms with Gasteiger partial charge >= 0.3 is 6.18 Å². The van der Waals surface area contributed by atoms with Gasteiger partial charge < -0.3 is 5.32 Å². The highest BCUT2D eigenvalue weighted by atomic mass is 19.4. The van der Waals surface area contributed by atoms with Gasteiger partial charge in [0.25, 0.3) is 11.8 Å². The second-order valence-electron chi connectivity index (χ2n) is 7.22. The molecule has 1 aromatic carbocycles. The summed E-state index contributed by atoms with van der Waals surface area (Å²) in [6.07, 6.45) is -3.30. The normalized spacial score (nSPS) is 16.6. The first-order valence-electron chi connectivity index (χ1n) is 9.49. The highest BCUT2D eigenvalue weighted by Gasteiger charge is 2.38. The van der Waals surface area contributed by atoms with Crippen molar-refractivity contribution in [3.63, 3.8) is 0 Å². The lowest BCUT2D eigenvalue weighted by Crippen LogP contribution is -2.47. The van der Waals surface area contributed by atoms with Crippen LogP contribution in [0.15, 0.2) is 36.7 Å². The molecule has 168 valence electrons. The van der Waals surface area contributed by atoms with Crippen molar-refractivity contribution in [3.05, 3.63) is 59.6 Å². The Labute approximate surface area is 178 Å². The van der Waals surface area contributed by atoms with E-state index in [-0.39, 0.29) is 31.2 Å². The quantitative estimate of drug-likeness (QED) is 0.611. The number of hydrogen-bond acceptors (Lipinski definition) is 5. The van der Waals surface area contributed by atoms with Gasteiger partial charge in [-0.2, -0.15) is 18.3 Å². The third-order valence-electron chi connectivity index (χ3n) is 4.93. The van der Waals surface area contributed by atoms with Crippen molar-refractivity contribution >= 4 is 17.6 Å². The molecular weight excluding hydrogens is 434 g/mol. The van der Waals surface area contributed by atoms with Gasteiger partial charge in [-0.25, -0.2) is 18.7 Å². The molecule has 9 nitrogen and oxygen atoms in total. The Morgan fingerprint density at radius 1 is 1.25 bits per heavy atom. The van der Waals surface area contributed by atoms with Crippen molar-refractivity contribution in [3.8, 4) is 0 Å². The third-order valence-corrected chi connectivity index (χ3v) is 4.93. The summed E-state index contributed by atoms with van der Waals surface area (Å²) in [6, 6.07) is 5.66. The van der Waals surface area contributed by atoms with E-state index in [0.29, 0.717) is 5.56 Å². The van der Waals surface area contributed by atoms with E-state index in [1.165, 1.54) is 30.2 Å². The number of nitrogens with one attached hydrogen (secondary N) is 1. The number of aromatic nitrogens is 5. The number of likely N-dealkylation sites (N-methyl/N-ethyl adjacent to an activating group) is 1. The number of carbonyl (C=O) groups is 2. The molecule has 1 atom stereocenters. The molecule has 0 fully saturated rings. The van der Waals surface area contributed by atoms with Crippen molar-refractivity contribution in [1.29, 1.82) is 0 Å². The van der Waals surface area contributed by atoms with Crippen LogP contribution in [0.5, 0.6) is 0 Å². The number of anilines is 1. The Bertz CT molecular complexity index is 1170. The maximum Gasteiger partial charge on any atom is 0.435 e. The third kappa shape index (κ3) is 4.31. The van der Waals surface area contributed by atoms with Gasteiger partial charge in [0.1, 0.15) is 24.0 Å². The van der Waals surface area contributed by atoms with Gasteiger partial charge in [-0.05, 0) is 24.1 Å². The van der Waals surface area contributed by atoms with Gasteiger partial charge in [-0.1, -0.05) is 12.1 Å². The van der Waals surface area contributed by atoms with E-state index in [1.807, 2.05) is 0 Å². The standard InChI is InChI=1S/C19H17F4N7O2/c1-28-15-8-14(19(21,22)23)26-30(15)6-5-13(18(28)32)25-17(31)16-24-10-29(27-16)9-11-3-2-4-12(20)7-11/h2-4,7-8,10,13H,5-6,9H2,1H3,(H,25,31)/t13-/m0/s1. The van der Waals surface area contributed by atoms with E-state index in [0.717, 1.165) is 15.6 Å². The number of amides is 2. The number of alkyl halides is 3. The number of halogens is 4. The number of nitrogens with zero attached hydrogens (tertiary/aromatic N) is 6. The molecule has 13 heteroatoms. The Balaban J connectivity index is 1.44. The molecular formula is C19H17F4N7O2. The molecule has 3 aromatic rings. The molecule has 1 N–H and O–H groups in total. The molecule has 0 radical (unpaired) electrons. The molecule has 1 aliphatic rings. The molecule has 0 spiro atoms. The molecule has 32 heavy (non-hydrogen) atoms. The Kier molecular flexibility index (Phi) is 5.40. The average molecular weight is 451 g/mol. The summed E-state index contributed by atoms with van der Waals surface area (Å²) in [6.45, 7) is 0.180. The van der Waals surface area contributed by atoms with Gasteiger partial charge in [-0.3, -0.25) is 14.5 Å². The Morgan fingerprint density at radius 3 is 2.75 bits per heavy atom. The van der Waals surface area contributed by atoms with Crippen LogP contribution in [-0.4, -0.2) is 49.4 Å². The van der Waals surface area contributed by atoms with Crippen LogP contribution in [0.25, 0.3) is 0 Å². The van der Waals surface area contributed by atoms with Gasteiger partial charge in [-0.15, -0.1) is 5.10 Å². The van der Waals surface area contributed by atoms with Crippen LogP contribution in [-0.2, 0) is 24.1 Å². The minimum Gasteiger partial charge on any atom is -0.337 e. The van der Waals surface area contributed by atoms with Gasteiger partial charge in [0.2, 0.25) is 5.82 Å². The number of hydrogen-bond donors (Lipinski definition) is 1. The largest absolute Gasteiger partial charge is 0.435 e. The van der Waals surface area contributed by atoms with Crippen LogP contribution in [0.4, 0.5) is 23.4 Å². The highest BCUT2D eigenvalue weighted by Crippen LogP contribution is 2.32. The summed E-state index contributed by atoms with van der Waals surface area (Å²) < 4.78 is 54.5. The van der Waals surface area contributed by atoms with Crippen LogP contribution in [0.3, 0.4) is 0 Å². The van der Waals surface area contributed by atoms with Gasteiger partial charge in [0.15, 0.2) is 5.69 Å². The summed E-state index contributed by atoms with van der Waals surface area (Å²) in [5.74, 6) is -1.93. The van der Waals surface area contributed by atoms with E-state index in [9.17, 15) is 27.2 Å². The molecule has 0 aliphatic carbocycles. The van der Waals surface area contributed by atoms with E-state index < -0.39 is 35.5 Å². The van der Waals surface area contributed by atoms with Crippen molar-refractivity contribution in [2.45, 2.75) is 31.7 Å². The maximum absolute atomic E-state index is 13.3. The number of rotatable bonds is 4. The number of aryl methyl sites for hydroxylation is 1. The fraction of sp³-hybridized carbons (Fsp3) is 0.316. The molecule has 2 aromatic heterocycles.